The van der Waals surface area contributed by atoms with Gasteiger partial charge in [0, 0.05) is 17.8 Å². The van der Waals surface area contributed by atoms with E-state index in [0.29, 0.717) is 6.54 Å². The number of anilines is 1. The van der Waals surface area contributed by atoms with E-state index in [0.717, 1.165) is 17.1 Å². The molecule has 19 heavy (non-hydrogen) atoms. The highest BCUT2D eigenvalue weighted by molar-refractivity contribution is 6.30. The lowest BCUT2D eigenvalue weighted by Gasteiger charge is -2.30. The molecule has 0 radical (unpaired) electrons. The summed E-state index contributed by atoms with van der Waals surface area (Å²) in [6, 6.07) is 18.6. The van der Waals surface area contributed by atoms with E-state index in [2.05, 4.69) is 36.2 Å². The molecule has 0 heterocycles. The molecule has 2 rings (SSSR count). The largest absolute Gasteiger partial charge is 0.368 e. The maximum Gasteiger partial charge on any atom is 0.0551 e. The second kappa shape index (κ2) is 6.60. The lowest BCUT2D eigenvalue weighted by molar-refractivity contribution is 0.620. The lowest BCUT2D eigenvalue weighted by Crippen LogP contribution is -2.26. The number of hydrogen-bond donors (Lipinski definition) is 1. The third kappa shape index (κ3) is 3.49. The first-order valence-corrected chi connectivity index (χ1v) is 6.83. The topological polar surface area (TPSA) is 29.3 Å². The van der Waals surface area contributed by atoms with Gasteiger partial charge < -0.3 is 10.6 Å². The minimum atomic E-state index is 0.285. The zero-order valence-electron chi connectivity index (χ0n) is 11.1. The Morgan fingerprint density at radius 3 is 2.26 bits per heavy atom. The van der Waals surface area contributed by atoms with Crippen molar-refractivity contribution in [3.8, 4) is 0 Å². The molecule has 0 aliphatic heterocycles. The predicted octanol–water partition coefficient (Wildman–Crippen LogP) is 3.87. The Labute approximate surface area is 119 Å². The van der Waals surface area contributed by atoms with Crippen molar-refractivity contribution >= 4 is 17.3 Å². The van der Waals surface area contributed by atoms with Crippen LogP contribution >= 0.6 is 11.6 Å². The summed E-state index contributed by atoms with van der Waals surface area (Å²) >= 11 is 5.94. The van der Waals surface area contributed by atoms with Gasteiger partial charge in [0.2, 0.25) is 0 Å². The molecule has 2 nitrogen and oxygen atoms in total. The average molecular weight is 275 g/mol. The maximum atomic E-state index is 5.94. The van der Waals surface area contributed by atoms with Crippen LogP contribution in [0.4, 0.5) is 5.69 Å². The second-order valence-corrected chi connectivity index (χ2v) is 5.03. The van der Waals surface area contributed by atoms with Gasteiger partial charge in [-0.25, -0.2) is 0 Å². The zero-order valence-corrected chi connectivity index (χ0v) is 11.8. The summed E-state index contributed by atoms with van der Waals surface area (Å²) in [6.07, 6.45) is 0.920. The number of halogens is 1. The first-order chi connectivity index (χ1) is 9.22. The fourth-order valence-electron chi connectivity index (χ4n) is 2.27. The molecule has 0 fully saturated rings. The number of rotatable bonds is 5. The standard InChI is InChI=1S/C16H19ClN2/c1-19(15-9-7-14(17)8-10-15)16(11-12-18)13-5-3-2-4-6-13/h2-10,16H,11-12,18H2,1H3. The molecule has 0 aliphatic carbocycles. The highest BCUT2D eigenvalue weighted by Gasteiger charge is 2.16. The zero-order chi connectivity index (χ0) is 13.7. The third-order valence-corrected chi connectivity index (χ3v) is 3.58. The van der Waals surface area contributed by atoms with Gasteiger partial charge in [0.15, 0.2) is 0 Å². The molecule has 3 heteroatoms. The van der Waals surface area contributed by atoms with Gasteiger partial charge in [-0.2, -0.15) is 0 Å². The van der Waals surface area contributed by atoms with Gasteiger partial charge in [-0.1, -0.05) is 41.9 Å². The van der Waals surface area contributed by atoms with Crippen molar-refractivity contribution in [2.75, 3.05) is 18.5 Å². The van der Waals surface area contributed by atoms with E-state index in [1.54, 1.807) is 0 Å². The van der Waals surface area contributed by atoms with Crippen LogP contribution in [0.1, 0.15) is 18.0 Å². The van der Waals surface area contributed by atoms with Crippen LogP contribution in [0.3, 0.4) is 0 Å². The van der Waals surface area contributed by atoms with Crippen LogP contribution in [0, 0.1) is 0 Å². The maximum absolute atomic E-state index is 5.94. The van der Waals surface area contributed by atoms with Gasteiger partial charge in [-0.05, 0) is 42.8 Å². The molecule has 0 amide bonds. The van der Waals surface area contributed by atoms with Gasteiger partial charge in [0.05, 0.1) is 6.04 Å². The smallest absolute Gasteiger partial charge is 0.0551 e. The monoisotopic (exact) mass is 274 g/mol. The minimum absolute atomic E-state index is 0.285. The second-order valence-electron chi connectivity index (χ2n) is 4.59. The first kappa shape index (κ1) is 13.9. The minimum Gasteiger partial charge on any atom is -0.368 e. The van der Waals surface area contributed by atoms with Crippen LogP contribution in [-0.2, 0) is 0 Å². The summed E-state index contributed by atoms with van der Waals surface area (Å²) in [5, 5.41) is 0.757. The fraction of sp³-hybridized carbons (Fsp3) is 0.250. The summed E-state index contributed by atoms with van der Waals surface area (Å²) in [4.78, 5) is 2.25. The van der Waals surface area contributed by atoms with Crippen LogP contribution in [0.15, 0.2) is 54.6 Å². The molecular weight excluding hydrogens is 256 g/mol. The van der Waals surface area contributed by atoms with Gasteiger partial charge in [-0.15, -0.1) is 0 Å². The van der Waals surface area contributed by atoms with Crippen LogP contribution in [0.2, 0.25) is 5.02 Å². The van der Waals surface area contributed by atoms with Crippen molar-refractivity contribution in [1.29, 1.82) is 0 Å². The summed E-state index contributed by atoms with van der Waals surface area (Å²) in [7, 11) is 2.09. The highest BCUT2D eigenvalue weighted by atomic mass is 35.5. The fourth-order valence-corrected chi connectivity index (χ4v) is 2.40. The normalized spacial score (nSPS) is 12.2. The number of nitrogens with zero attached hydrogens (tertiary/aromatic N) is 1. The molecule has 100 valence electrons. The van der Waals surface area contributed by atoms with Crippen LogP contribution in [-0.4, -0.2) is 13.6 Å². The third-order valence-electron chi connectivity index (χ3n) is 3.33. The number of nitrogens with two attached hydrogens (primary N) is 1. The SMILES string of the molecule is CN(c1ccc(Cl)cc1)C(CCN)c1ccccc1. The summed E-state index contributed by atoms with van der Waals surface area (Å²) in [5.74, 6) is 0. The quantitative estimate of drug-likeness (QED) is 0.897. The van der Waals surface area contributed by atoms with E-state index in [4.69, 9.17) is 17.3 Å². The van der Waals surface area contributed by atoms with Crippen molar-refractivity contribution in [3.05, 3.63) is 65.2 Å². The molecule has 1 unspecified atom stereocenters. The Morgan fingerprint density at radius 1 is 1.05 bits per heavy atom. The Balaban J connectivity index is 2.26. The van der Waals surface area contributed by atoms with Gasteiger partial charge in [-0.3, -0.25) is 0 Å². The molecule has 2 N–H and O–H groups in total. The summed E-state index contributed by atoms with van der Waals surface area (Å²) in [6.45, 7) is 0.664. The van der Waals surface area contributed by atoms with Gasteiger partial charge in [0.1, 0.15) is 0 Å². The first-order valence-electron chi connectivity index (χ1n) is 6.46. The highest BCUT2D eigenvalue weighted by Crippen LogP contribution is 2.28. The van der Waals surface area contributed by atoms with E-state index in [1.165, 1.54) is 5.56 Å². The van der Waals surface area contributed by atoms with Crippen molar-refractivity contribution in [1.82, 2.24) is 0 Å². The molecule has 0 spiro atoms. The van der Waals surface area contributed by atoms with Crippen molar-refractivity contribution in [2.45, 2.75) is 12.5 Å². The molecule has 1 atom stereocenters. The molecule has 0 aromatic heterocycles. The molecule has 0 bridgehead atoms. The Hall–Kier alpha value is -1.51. The molecule has 0 saturated carbocycles. The number of hydrogen-bond acceptors (Lipinski definition) is 2. The molecule has 0 aliphatic rings. The Kier molecular flexibility index (Phi) is 4.83. The van der Waals surface area contributed by atoms with Crippen LogP contribution < -0.4 is 10.6 Å². The molecule has 2 aromatic carbocycles. The molecule has 0 saturated heterocycles. The van der Waals surface area contributed by atoms with Crippen LogP contribution in [0.25, 0.3) is 0 Å². The number of benzene rings is 2. The predicted molar refractivity (Wildman–Crippen MR) is 82.7 cm³/mol. The van der Waals surface area contributed by atoms with Crippen molar-refractivity contribution < 1.29 is 0 Å². The molecule has 2 aromatic rings. The molecular formula is C16H19ClN2. The lowest BCUT2D eigenvalue weighted by atomic mass is 10.0. The van der Waals surface area contributed by atoms with E-state index in [-0.39, 0.29) is 6.04 Å². The van der Waals surface area contributed by atoms with E-state index >= 15 is 0 Å². The van der Waals surface area contributed by atoms with Crippen LogP contribution in [0.5, 0.6) is 0 Å². The Morgan fingerprint density at radius 2 is 1.68 bits per heavy atom. The van der Waals surface area contributed by atoms with E-state index in [9.17, 15) is 0 Å². The van der Waals surface area contributed by atoms with Crippen molar-refractivity contribution in [2.24, 2.45) is 5.73 Å². The average Bonchev–Trinajstić information content (AvgIpc) is 2.46. The van der Waals surface area contributed by atoms with Crippen molar-refractivity contribution in [3.63, 3.8) is 0 Å². The van der Waals surface area contributed by atoms with E-state index in [1.807, 2.05) is 30.3 Å². The summed E-state index contributed by atoms with van der Waals surface area (Å²) < 4.78 is 0. The van der Waals surface area contributed by atoms with Gasteiger partial charge in [0.25, 0.3) is 0 Å². The summed E-state index contributed by atoms with van der Waals surface area (Å²) in [5.41, 5.74) is 8.19. The van der Waals surface area contributed by atoms with E-state index < -0.39 is 0 Å². The Bertz CT molecular complexity index is 496. The van der Waals surface area contributed by atoms with Gasteiger partial charge >= 0.3 is 0 Å².